The summed E-state index contributed by atoms with van der Waals surface area (Å²) in [6, 6.07) is 0. The van der Waals surface area contributed by atoms with E-state index < -0.39 is 5.97 Å². The van der Waals surface area contributed by atoms with Crippen LogP contribution in [-0.2, 0) is 18.6 Å². The summed E-state index contributed by atoms with van der Waals surface area (Å²) in [5.74, 6) is -0.0392. The fraction of sp³-hybridized carbons (Fsp3) is 1.00. The average Bonchev–Trinajstić information content (AvgIpc) is 3.15. The van der Waals surface area contributed by atoms with Gasteiger partial charge in [0.1, 0.15) is 0 Å². The van der Waals surface area contributed by atoms with E-state index in [1.54, 1.807) is 0 Å². The lowest BCUT2D eigenvalue weighted by molar-refractivity contribution is -0.344. The van der Waals surface area contributed by atoms with Crippen LogP contribution in [0.5, 0.6) is 0 Å². The van der Waals surface area contributed by atoms with E-state index in [0.29, 0.717) is 35.9 Å². The molecule has 0 bridgehead atoms. The highest BCUT2D eigenvalue weighted by Crippen LogP contribution is 2.41. The molecule has 4 nitrogen and oxygen atoms in total. The minimum atomic E-state index is -0.781. The lowest BCUT2D eigenvalue weighted by Gasteiger charge is -2.33. The first-order chi connectivity index (χ1) is 8.73. The van der Waals surface area contributed by atoms with Gasteiger partial charge in [-0.3, -0.25) is 0 Å². The highest BCUT2D eigenvalue weighted by atomic mass is 28.2. The van der Waals surface area contributed by atoms with Crippen LogP contribution in [0.4, 0.5) is 0 Å². The Morgan fingerprint density at radius 2 is 1.89 bits per heavy atom. The van der Waals surface area contributed by atoms with Crippen LogP contribution in [0.1, 0.15) is 46.0 Å². The largest absolute Gasteiger partial charge is 0.380 e. The Kier molecular flexibility index (Phi) is 5.21. The summed E-state index contributed by atoms with van der Waals surface area (Å²) in [6.45, 7) is 5.22. The van der Waals surface area contributed by atoms with Crippen LogP contribution in [-0.4, -0.2) is 41.9 Å². The van der Waals surface area contributed by atoms with Crippen LogP contribution in [0, 0.1) is 5.92 Å². The third-order valence-electron chi connectivity index (χ3n) is 4.01. The van der Waals surface area contributed by atoms with Crippen LogP contribution in [0.15, 0.2) is 0 Å². The number of epoxide rings is 1. The van der Waals surface area contributed by atoms with E-state index >= 15 is 0 Å². The van der Waals surface area contributed by atoms with Gasteiger partial charge in [0.25, 0.3) is 5.97 Å². The van der Waals surface area contributed by atoms with Crippen molar-refractivity contribution in [3.05, 3.63) is 0 Å². The third-order valence-corrected chi connectivity index (χ3v) is 4.63. The summed E-state index contributed by atoms with van der Waals surface area (Å²) in [7, 11) is 0.632. The summed E-state index contributed by atoms with van der Waals surface area (Å²) in [5, 5.41) is 0. The van der Waals surface area contributed by atoms with E-state index in [0.717, 1.165) is 18.8 Å². The van der Waals surface area contributed by atoms with E-state index in [4.69, 9.17) is 18.6 Å². The maximum absolute atomic E-state index is 5.71. The first-order valence-corrected chi connectivity index (χ1v) is 8.03. The first-order valence-electron chi connectivity index (χ1n) is 7.21. The predicted octanol–water partition coefficient (Wildman–Crippen LogP) is 1.36. The molecule has 0 aromatic heterocycles. The normalized spacial score (nSPS) is 31.3. The van der Waals surface area contributed by atoms with Gasteiger partial charge in [0.05, 0.1) is 12.2 Å². The molecule has 3 atom stereocenters. The molecule has 1 saturated heterocycles. The van der Waals surface area contributed by atoms with Crippen molar-refractivity contribution in [2.24, 2.45) is 5.92 Å². The number of fused-ring (bicyclic) bond motifs is 1. The maximum Gasteiger partial charge on any atom is 0.272 e. The molecular weight excluding hydrogens is 248 g/mol. The van der Waals surface area contributed by atoms with Crippen LogP contribution in [0.25, 0.3) is 0 Å². The summed E-state index contributed by atoms with van der Waals surface area (Å²) in [5.41, 5.74) is 0. The van der Waals surface area contributed by atoms with Gasteiger partial charge in [0.15, 0.2) is 10.5 Å². The average molecular weight is 274 g/mol. The molecule has 0 amide bonds. The molecule has 1 heterocycles. The van der Waals surface area contributed by atoms with Gasteiger partial charge in [-0.25, -0.2) is 0 Å². The Bertz CT molecular complexity index is 255. The number of ether oxygens (including phenoxy) is 3. The van der Waals surface area contributed by atoms with Crippen molar-refractivity contribution in [1.29, 1.82) is 0 Å². The van der Waals surface area contributed by atoms with Crippen LogP contribution >= 0.6 is 0 Å². The topological polar surface area (TPSA) is 40.2 Å². The van der Waals surface area contributed by atoms with E-state index in [2.05, 4.69) is 0 Å². The quantitative estimate of drug-likeness (QED) is 0.381. The van der Waals surface area contributed by atoms with Gasteiger partial charge in [-0.15, -0.1) is 0 Å². The molecule has 0 aromatic carbocycles. The van der Waals surface area contributed by atoms with Gasteiger partial charge < -0.3 is 18.6 Å². The van der Waals surface area contributed by atoms with E-state index in [1.165, 1.54) is 19.3 Å². The second-order valence-electron chi connectivity index (χ2n) is 5.18. The SMILES string of the molecule is CCOC(CCC1CCC2OC2C1)(O[SiH3])OCC. The molecule has 5 heteroatoms. The molecule has 1 aliphatic carbocycles. The predicted molar refractivity (Wildman–Crippen MR) is 72.2 cm³/mol. The van der Waals surface area contributed by atoms with Gasteiger partial charge in [-0.1, -0.05) is 0 Å². The second kappa shape index (κ2) is 6.48. The molecular formula is C13H26O4Si. The van der Waals surface area contributed by atoms with Gasteiger partial charge in [0.2, 0.25) is 0 Å². The standard InChI is InChI=1S/C13H26O4Si/c1-3-14-13(17-18,15-4-2)8-7-10-5-6-11-12(9-10)16-11/h10-12H,3-9H2,1-2,18H3. The molecule has 0 spiro atoms. The zero-order chi connectivity index (χ0) is 13.0. The van der Waals surface area contributed by atoms with Gasteiger partial charge in [-0.2, -0.15) is 0 Å². The highest BCUT2D eigenvalue weighted by Gasteiger charge is 2.44. The third kappa shape index (κ3) is 3.54. The smallest absolute Gasteiger partial charge is 0.272 e. The van der Waals surface area contributed by atoms with E-state index in [1.807, 2.05) is 13.8 Å². The zero-order valence-corrected chi connectivity index (χ0v) is 13.8. The zero-order valence-electron chi connectivity index (χ0n) is 11.8. The Labute approximate surface area is 113 Å². The van der Waals surface area contributed by atoms with Crippen LogP contribution < -0.4 is 0 Å². The lowest BCUT2D eigenvalue weighted by Crippen LogP contribution is -2.39. The van der Waals surface area contributed by atoms with Crippen LogP contribution in [0.3, 0.4) is 0 Å². The summed E-state index contributed by atoms with van der Waals surface area (Å²) in [4.78, 5) is 0. The van der Waals surface area contributed by atoms with E-state index in [-0.39, 0.29) is 0 Å². The molecule has 0 radical (unpaired) electrons. The maximum atomic E-state index is 5.71. The van der Waals surface area contributed by atoms with Crippen molar-refractivity contribution in [3.8, 4) is 0 Å². The molecule has 2 rings (SSSR count). The summed E-state index contributed by atoms with van der Waals surface area (Å²) < 4.78 is 22.6. The number of hydrogen-bond acceptors (Lipinski definition) is 4. The minimum absolute atomic E-state index is 0.550. The Balaban J connectivity index is 1.79. The van der Waals surface area contributed by atoms with Gasteiger partial charge in [-0.05, 0) is 45.4 Å². The number of hydrogen-bond donors (Lipinski definition) is 0. The van der Waals surface area contributed by atoms with Gasteiger partial charge in [0, 0.05) is 19.6 Å². The van der Waals surface area contributed by atoms with Crippen molar-refractivity contribution in [3.63, 3.8) is 0 Å². The highest BCUT2D eigenvalue weighted by molar-refractivity contribution is 5.98. The lowest BCUT2D eigenvalue weighted by atomic mass is 9.86. The van der Waals surface area contributed by atoms with Gasteiger partial charge >= 0.3 is 0 Å². The fourth-order valence-electron chi connectivity index (χ4n) is 2.98. The molecule has 1 aliphatic heterocycles. The molecule has 2 aliphatic rings. The Hall–Kier alpha value is 0.0569. The van der Waals surface area contributed by atoms with Crippen molar-refractivity contribution in [1.82, 2.24) is 0 Å². The van der Waals surface area contributed by atoms with Crippen molar-refractivity contribution in [2.45, 2.75) is 64.1 Å². The Morgan fingerprint density at radius 1 is 1.17 bits per heavy atom. The fourth-order valence-corrected chi connectivity index (χ4v) is 3.42. The molecule has 0 N–H and O–H groups in total. The number of rotatable bonds is 8. The Morgan fingerprint density at radius 3 is 2.44 bits per heavy atom. The first kappa shape index (κ1) is 14.5. The summed E-state index contributed by atoms with van der Waals surface area (Å²) >= 11 is 0. The molecule has 0 aromatic rings. The van der Waals surface area contributed by atoms with Crippen LogP contribution in [0.2, 0.25) is 0 Å². The molecule has 1 saturated carbocycles. The van der Waals surface area contributed by atoms with Crippen molar-refractivity contribution >= 4 is 10.5 Å². The molecule has 2 fully saturated rings. The van der Waals surface area contributed by atoms with Crippen molar-refractivity contribution in [2.75, 3.05) is 13.2 Å². The van der Waals surface area contributed by atoms with Crippen molar-refractivity contribution < 1.29 is 18.6 Å². The monoisotopic (exact) mass is 274 g/mol. The van der Waals surface area contributed by atoms with E-state index in [9.17, 15) is 0 Å². The minimum Gasteiger partial charge on any atom is -0.380 e. The molecule has 106 valence electrons. The summed E-state index contributed by atoms with van der Waals surface area (Å²) in [6.07, 6.45) is 6.79. The molecule has 18 heavy (non-hydrogen) atoms. The second-order valence-corrected chi connectivity index (χ2v) is 5.59. The molecule has 3 unspecified atom stereocenters.